The summed E-state index contributed by atoms with van der Waals surface area (Å²) in [5.41, 5.74) is 0. The molecule has 1 aliphatic carbocycles. The first-order chi connectivity index (χ1) is 11.2. The van der Waals surface area contributed by atoms with E-state index in [1.165, 1.54) is 19.3 Å². The van der Waals surface area contributed by atoms with Gasteiger partial charge in [-0.05, 0) is 55.9 Å². The van der Waals surface area contributed by atoms with Crippen LogP contribution < -0.4 is 15.7 Å². The van der Waals surface area contributed by atoms with Crippen LogP contribution in [-0.4, -0.2) is 6.04 Å². The van der Waals surface area contributed by atoms with Crippen molar-refractivity contribution in [1.29, 1.82) is 0 Å². The lowest BCUT2D eigenvalue weighted by Crippen LogP contribution is -2.37. The third-order valence-corrected chi connectivity index (χ3v) is 7.81. The summed E-state index contributed by atoms with van der Waals surface area (Å²) < 4.78 is 13.9. The van der Waals surface area contributed by atoms with Crippen molar-refractivity contribution in [1.82, 2.24) is 5.09 Å². The van der Waals surface area contributed by atoms with E-state index in [9.17, 15) is 4.57 Å². The quantitative estimate of drug-likeness (QED) is 0.821. The Bertz CT molecular complexity index is 604. The topological polar surface area (TPSA) is 29.1 Å². The van der Waals surface area contributed by atoms with Crippen molar-refractivity contribution in [3.63, 3.8) is 0 Å². The van der Waals surface area contributed by atoms with Crippen LogP contribution in [-0.2, 0) is 4.57 Å². The molecule has 1 aliphatic rings. The molecule has 0 aliphatic heterocycles. The second-order valence-corrected chi connectivity index (χ2v) is 9.04. The van der Waals surface area contributed by atoms with Gasteiger partial charge in [0.25, 0.3) is 0 Å². The van der Waals surface area contributed by atoms with Crippen LogP contribution in [0.25, 0.3) is 0 Å². The molecule has 0 bridgehead atoms. The van der Waals surface area contributed by atoms with Gasteiger partial charge in [-0.25, -0.2) is 0 Å². The highest BCUT2D eigenvalue weighted by atomic mass is 31.2. The van der Waals surface area contributed by atoms with Crippen molar-refractivity contribution >= 4 is 17.9 Å². The van der Waals surface area contributed by atoms with Crippen LogP contribution >= 0.6 is 7.29 Å². The van der Waals surface area contributed by atoms with E-state index in [1.54, 1.807) is 0 Å². The van der Waals surface area contributed by atoms with Crippen molar-refractivity contribution < 1.29 is 4.57 Å². The molecule has 3 rings (SSSR count). The van der Waals surface area contributed by atoms with Gasteiger partial charge in [-0.3, -0.25) is 9.65 Å². The third kappa shape index (κ3) is 3.76. The highest BCUT2D eigenvalue weighted by molar-refractivity contribution is 7.76. The molecule has 0 aromatic heterocycles. The maximum Gasteiger partial charge on any atom is 0.204 e. The zero-order valence-electron chi connectivity index (χ0n) is 13.8. The van der Waals surface area contributed by atoms with E-state index in [1.807, 2.05) is 60.7 Å². The van der Waals surface area contributed by atoms with E-state index in [2.05, 4.69) is 12.0 Å². The lowest BCUT2D eigenvalue weighted by Gasteiger charge is -2.32. The van der Waals surface area contributed by atoms with Crippen LogP contribution in [0, 0.1) is 5.92 Å². The fraction of sp³-hybridized carbons (Fsp3) is 0.400. The lowest BCUT2D eigenvalue weighted by atomic mass is 9.85. The van der Waals surface area contributed by atoms with Crippen LogP contribution in [0.15, 0.2) is 60.7 Å². The fourth-order valence-corrected chi connectivity index (χ4v) is 6.08. The normalized spacial score (nSPS) is 22.0. The van der Waals surface area contributed by atoms with Gasteiger partial charge in [0, 0.05) is 16.7 Å². The Balaban J connectivity index is 1.87. The zero-order chi connectivity index (χ0) is 16.1. The van der Waals surface area contributed by atoms with Gasteiger partial charge in [0.05, 0.1) is 0 Å². The standard InChI is InChI=1S/C20H26NOP/c1-2-17-13-15-18(16-14-17)21-23(22,19-9-5-3-6-10-19)20-11-7-4-8-12-20/h3-12,17-18H,2,13-16H2,1H3,(H,21,22). The highest BCUT2D eigenvalue weighted by Crippen LogP contribution is 2.41. The van der Waals surface area contributed by atoms with Gasteiger partial charge in [-0.2, -0.15) is 0 Å². The molecule has 2 nitrogen and oxygen atoms in total. The maximum atomic E-state index is 13.9. The summed E-state index contributed by atoms with van der Waals surface area (Å²) in [5, 5.41) is 5.38. The minimum atomic E-state index is -2.77. The van der Waals surface area contributed by atoms with E-state index in [0.717, 1.165) is 29.4 Å². The summed E-state index contributed by atoms with van der Waals surface area (Å²) in [7, 11) is -2.77. The Hall–Kier alpha value is -1.37. The van der Waals surface area contributed by atoms with Gasteiger partial charge in [0.1, 0.15) is 0 Å². The number of rotatable bonds is 5. The maximum absolute atomic E-state index is 13.9. The van der Waals surface area contributed by atoms with Crippen LogP contribution in [0.4, 0.5) is 0 Å². The lowest BCUT2D eigenvalue weighted by molar-refractivity contribution is 0.307. The van der Waals surface area contributed by atoms with Crippen molar-refractivity contribution in [3.05, 3.63) is 60.7 Å². The Labute approximate surface area is 139 Å². The van der Waals surface area contributed by atoms with Gasteiger partial charge in [0.2, 0.25) is 7.29 Å². The summed E-state index contributed by atoms with van der Waals surface area (Å²) in [6.45, 7) is 2.28. The van der Waals surface area contributed by atoms with Gasteiger partial charge in [-0.15, -0.1) is 0 Å². The average Bonchev–Trinajstić information content (AvgIpc) is 2.64. The van der Waals surface area contributed by atoms with E-state index < -0.39 is 7.29 Å². The molecule has 3 heteroatoms. The summed E-state index contributed by atoms with van der Waals surface area (Å²) >= 11 is 0. The molecular formula is C20H26NOP. The molecule has 2 aromatic rings. The molecule has 0 unspecified atom stereocenters. The SMILES string of the molecule is CCC1CCC(NP(=O)(c2ccccc2)c2ccccc2)CC1. The van der Waals surface area contributed by atoms with E-state index in [-0.39, 0.29) is 0 Å². The van der Waals surface area contributed by atoms with Gasteiger partial charge in [-0.1, -0.05) is 49.7 Å². The molecule has 0 amide bonds. The summed E-state index contributed by atoms with van der Waals surface area (Å²) in [6.07, 6.45) is 6.02. The Morgan fingerprint density at radius 2 is 1.35 bits per heavy atom. The average molecular weight is 327 g/mol. The van der Waals surface area contributed by atoms with E-state index in [0.29, 0.717) is 6.04 Å². The van der Waals surface area contributed by atoms with Crippen LogP contribution in [0.5, 0.6) is 0 Å². The Morgan fingerprint density at radius 3 is 1.78 bits per heavy atom. The highest BCUT2D eigenvalue weighted by Gasteiger charge is 2.31. The van der Waals surface area contributed by atoms with E-state index >= 15 is 0 Å². The number of hydrogen-bond donors (Lipinski definition) is 1. The minimum absolute atomic E-state index is 0.351. The molecule has 0 spiro atoms. The summed E-state index contributed by atoms with van der Waals surface area (Å²) in [4.78, 5) is 0. The molecule has 1 saturated carbocycles. The van der Waals surface area contributed by atoms with E-state index in [4.69, 9.17) is 0 Å². The van der Waals surface area contributed by atoms with Crippen molar-refractivity contribution in [2.24, 2.45) is 5.92 Å². The van der Waals surface area contributed by atoms with Crippen LogP contribution in [0.3, 0.4) is 0 Å². The van der Waals surface area contributed by atoms with Gasteiger partial charge in [0.15, 0.2) is 0 Å². The first kappa shape index (κ1) is 16.5. The first-order valence-electron chi connectivity index (χ1n) is 8.71. The number of hydrogen-bond acceptors (Lipinski definition) is 1. The second kappa shape index (κ2) is 7.47. The molecule has 1 fully saturated rings. The van der Waals surface area contributed by atoms with Gasteiger partial charge < -0.3 is 0 Å². The molecule has 1 N–H and O–H groups in total. The van der Waals surface area contributed by atoms with Crippen LogP contribution in [0.2, 0.25) is 0 Å². The van der Waals surface area contributed by atoms with Crippen LogP contribution in [0.1, 0.15) is 39.0 Å². The summed E-state index contributed by atoms with van der Waals surface area (Å²) in [5.74, 6) is 0.848. The molecule has 0 radical (unpaired) electrons. The molecule has 0 atom stereocenters. The Morgan fingerprint density at radius 1 is 0.870 bits per heavy atom. The largest absolute Gasteiger partial charge is 0.297 e. The minimum Gasteiger partial charge on any atom is -0.297 e. The molecule has 0 saturated heterocycles. The third-order valence-electron chi connectivity index (χ3n) is 5.03. The molecule has 23 heavy (non-hydrogen) atoms. The number of benzene rings is 2. The Kier molecular flexibility index (Phi) is 5.35. The summed E-state index contributed by atoms with van der Waals surface area (Å²) in [6, 6.07) is 20.1. The monoisotopic (exact) mass is 327 g/mol. The number of nitrogens with one attached hydrogen (secondary N) is 1. The van der Waals surface area contributed by atoms with Crippen molar-refractivity contribution in [3.8, 4) is 0 Å². The molecule has 0 heterocycles. The molecular weight excluding hydrogens is 301 g/mol. The fourth-order valence-electron chi connectivity index (χ4n) is 3.53. The molecule has 122 valence electrons. The smallest absolute Gasteiger partial charge is 0.204 e. The second-order valence-electron chi connectivity index (χ2n) is 6.54. The predicted molar refractivity (Wildman–Crippen MR) is 98.9 cm³/mol. The van der Waals surface area contributed by atoms with Crippen molar-refractivity contribution in [2.75, 3.05) is 0 Å². The predicted octanol–water partition coefficient (Wildman–Crippen LogP) is 4.47. The van der Waals surface area contributed by atoms with Crippen molar-refractivity contribution in [2.45, 2.75) is 45.1 Å². The molecule has 2 aromatic carbocycles. The first-order valence-corrected chi connectivity index (χ1v) is 10.4. The zero-order valence-corrected chi connectivity index (χ0v) is 14.7. The van der Waals surface area contributed by atoms with Gasteiger partial charge >= 0.3 is 0 Å².